The fourth-order valence-corrected chi connectivity index (χ4v) is 2.29. The monoisotopic (exact) mass is 261 g/mol. The Morgan fingerprint density at radius 3 is 2.44 bits per heavy atom. The van der Waals surface area contributed by atoms with Gasteiger partial charge in [0.25, 0.3) is 0 Å². The molecule has 1 aliphatic rings. The molecule has 16 heavy (non-hydrogen) atoms. The molecule has 0 N–H and O–H groups in total. The highest BCUT2D eigenvalue weighted by molar-refractivity contribution is 6.18. The van der Waals surface area contributed by atoms with Crippen LogP contribution in [0, 0.1) is 0 Å². The highest BCUT2D eigenvalue weighted by Crippen LogP contribution is 2.26. The Bertz CT molecular complexity index is 295. The molecular weight excluding hydrogens is 245 g/mol. The third-order valence-corrected chi connectivity index (χ3v) is 3.29. The van der Waals surface area contributed by atoms with Crippen molar-refractivity contribution in [1.29, 1.82) is 0 Å². The van der Waals surface area contributed by atoms with Gasteiger partial charge in [-0.1, -0.05) is 18.2 Å². The lowest BCUT2D eigenvalue weighted by molar-refractivity contribution is -0.104. The Kier molecular flexibility index (Phi) is 5.53. The first-order valence-corrected chi connectivity index (χ1v) is 6.45. The van der Waals surface area contributed by atoms with E-state index in [0.717, 1.165) is 31.4 Å². The fraction of sp³-hybridized carbons (Fsp3) is 0.583. The van der Waals surface area contributed by atoms with Gasteiger partial charge in [0, 0.05) is 36.0 Å². The van der Waals surface area contributed by atoms with Crippen LogP contribution in [-0.4, -0.2) is 41.6 Å². The predicted molar refractivity (Wildman–Crippen MR) is 69.3 cm³/mol. The zero-order chi connectivity index (χ0) is 12.0. The Balaban J connectivity index is 2.73. The van der Waals surface area contributed by atoms with Gasteiger partial charge in [0.1, 0.15) is 6.29 Å². The third-order valence-electron chi connectivity index (χ3n) is 2.95. The van der Waals surface area contributed by atoms with Crippen LogP contribution >= 0.6 is 23.2 Å². The molecule has 0 heterocycles. The quantitative estimate of drug-likeness (QED) is 0.541. The van der Waals surface area contributed by atoms with Crippen LogP contribution in [0.2, 0.25) is 0 Å². The van der Waals surface area contributed by atoms with Crippen LogP contribution in [0.25, 0.3) is 0 Å². The molecule has 0 saturated carbocycles. The minimum absolute atomic E-state index is 0.0731. The van der Waals surface area contributed by atoms with Crippen molar-refractivity contribution in [2.45, 2.75) is 18.9 Å². The number of halogens is 2. The molecule has 0 radical (unpaired) electrons. The normalized spacial score (nSPS) is 24.6. The van der Waals surface area contributed by atoms with Crippen molar-refractivity contribution in [2.75, 3.05) is 24.8 Å². The summed E-state index contributed by atoms with van der Waals surface area (Å²) in [5, 5.41) is 0. The Labute approximate surface area is 107 Å². The summed E-state index contributed by atoms with van der Waals surface area (Å²) in [6.07, 6.45) is 7.60. The maximum Gasteiger partial charge on any atom is 0.149 e. The maximum atomic E-state index is 10.6. The molecule has 0 spiro atoms. The van der Waals surface area contributed by atoms with Gasteiger partial charge >= 0.3 is 0 Å². The number of rotatable bonds is 6. The Morgan fingerprint density at radius 1 is 1.44 bits per heavy atom. The van der Waals surface area contributed by atoms with Crippen molar-refractivity contribution in [1.82, 2.24) is 4.90 Å². The second kappa shape index (κ2) is 6.43. The summed E-state index contributed by atoms with van der Waals surface area (Å²) in [4.78, 5) is 12.9. The second-order valence-corrected chi connectivity index (χ2v) is 4.84. The number of carbonyl (C=O) groups is 1. The molecule has 0 aliphatic heterocycles. The smallest absolute Gasteiger partial charge is 0.149 e. The van der Waals surface area contributed by atoms with E-state index in [1.165, 1.54) is 0 Å². The maximum absolute atomic E-state index is 10.6. The van der Waals surface area contributed by atoms with Crippen LogP contribution in [0.15, 0.2) is 23.8 Å². The van der Waals surface area contributed by atoms with Gasteiger partial charge < -0.3 is 0 Å². The summed E-state index contributed by atoms with van der Waals surface area (Å²) in [5.74, 6) is 1.18. The largest absolute Gasteiger partial charge is 0.298 e. The summed E-state index contributed by atoms with van der Waals surface area (Å²) < 4.78 is 0. The zero-order valence-electron chi connectivity index (χ0n) is 9.46. The molecule has 1 atom stereocenters. The highest BCUT2D eigenvalue weighted by atomic mass is 35.5. The molecule has 2 nitrogen and oxygen atoms in total. The van der Waals surface area contributed by atoms with Crippen LogP contribution in [-0.2, 0) is 4.79 Å². The van der Waals surface area contributed by atoms with Crippen LogP contribution in [0.4, 0.5) is 0 Å². The molecular formula is C12H17Cl2NO. The summed E-state index contributed by atoms with van der Waals surface area (Å²) in [6, 6.07) is 0. The van der Waals surface area contributed by atoms with E-state index in [2.05, 4.69) is 17.9 Å². The molecule has 0 bridgehead atoms. The molecule has 90 valence electrons. The third kappa shape index (κ3) is 3.34. The van der Waals surface area contributed by atoms with Crippen LogP contribution in [0.3, 0.4) is 0 Å². The molecule has 1 rings (SSSR count). The average Bonchev–Trinajstić information content (AvgIpc) is 2.30. The van der Waals surface area contributed by atoms with Crippen LogP contribution in [0.5, 0.6) is 0 Å². The predicted octanol–water partition coefficient (Wildman–Crippen LogP) is 2.61. The molecule has 4 heteroatoms. The SMILES string of the molecule is CC1(N(CCCl)CCCl)C=CC(C=O)=CC1. The van der Waals surface area contributed by atoms with Gasteiger partial charge in [0.05, 0.1) is 0 Å². The van der Waals surface area contributed by atoms with E-state index in [9.17, 15) is 4.79 Å². The van der Waals surface area contributed by atoms with Crippen molar-refractivity contribution in [3.05, 3.63) is 23.8 Å². The topological polar surface area (TPSA) is 20.3 Å². The number of nitrogens with zero attached hydrogens (tertiary/aromatic N) is 1. The lowest BCUT2D eigenvalue weighted by atomic mass is 9.89. The molecule has 0 aromatic rings. The van der Waals surface area contributed by atoms with Crippen molar-refractivity contribution < 1.29 is 4.79 Å². The number of alkyl halides is 2. The van der Waals surface area contributed by atoms with Gasteiger partial charge in [-0.25, -0.2) is 0 Å². The molecule has 1 aliphatic carbocycles. The van der Waals surface area contributed by atoms with Gasteiger partial charge in [0.15, 0.2) is 0 Å². The van der Waals surface area contributed by atoms with E-state index in [0.29, 0.717) is 11.8 Å². The van der Waals surface area contributed by atoms with Gasteiger partial charge in [0.2, 0.25) is 0 Å². The standard InChI is InChI=1S/C12H17Cl2NO/c1-12(15(8-6-13)9-7-14)4-2-11(10-16)3-5-12/h2-4,10H,5-9H2,1H3. The van der Waals surface area contributed by atoms with E-state index >= 15 is 0 Å². The Morgan fingerprint density at radius 2 is 2.06 bits per heavy atom. The number of carbonyl (C=O) groups excluding carboxylic acids is 1. The zero-order valence-corrected chi connectivity index (χ0v) is 11.0. The minimum atomic E-state index is -0.0731. The van der Waals surface area contributed by atoms with Gasteiger partial charge in [-0.2, -0.15) is 0 Å². The van der Waals surface area contributed by atoms with Crippen molar-refractivity contribution >= 4 is 29.5 Å². The molecule has 0 saturated heterocycles. The number of hydrogen-bond acceptors (Lipinski definition) is 2. The van der Waals surface area contributed by atoms with E-state index in [1.54, 1.807) is 0 Å². The lowest BCUT2D eigenvalue weighted by Gasteiger charge is -2.39. The van der Waals surface area contributed by atoms with E-state index in [4.69, 9.17) is 23.2 Å². The summed E-state index contributed by atoms with van der Waals surface area (Å²) >= 11 is 11.6. The molecule has 0 amide bonds. The first-order valence-electron chi connectivity index (χ1n) is 5.38. The van der Waals surface area contributed by atoms with E-state index in [1.807, 2.05) is 12.2 Å². The summed E-state index contributed by atoms with van der Waals surface area (Å²) in [6.45, 7) is 3.75. The highest BCUT2D eigenvalue weighted by Gasteiger charge is 2.29. The number of hydrogen-bond donors (Lipinski definition) is 0. The average molecular weight is 262 g/mol. The Hall–Kier alpha value is -0.310. The van der Waals surface area contributed by atoms with E-state index < -0.39 is 0 Å². The van der Waals surface area contributed by atoms with Crippen molar-refractivity contribution in [3.8, 4) is 0 Å². The van der Waals surface area contributed by atoms with Gasteiger partial charge in [-0.05, 0) is 13.3 Å². The minimum Gasteiger partial charge on any atom is -0.298 e. The number of aldehydes is 1. The molecule has 0 aromatic heterocycles. The summed E-state index contributed by atoms with van der Waals surface area (Å²) in [5.41, 5.74) is 0.671. The van der Waals surface area contributed by atoms with Crippen LogP contribution < -0.4 is 0 Å². The molecule has 0 fully saturated rings. The lowest BCUT2D eigenvalue weighted by Crippen LogP contribution is -2.47. The van der Waals surface area contributed by atoms with Crippen molar-refractivity contribution in [2.24, 2.45) is 0 Å². The number of allylic oxidation sites excluding steroid dienone is 2. The fourth-order valence-electron chi connectivity index (χ4n) is 1.88. The second-order valence-electron chi connectivity index (χ2n) is 4.08. The van der Waals surface area contributed by atoms with Gasteiger partial charge in [-0.3, -0.25) is 9.69 Å². The van der Waals surface area contributed by atoms with E-state index in [-0.39, 0.29) is 5.54 Å². The molecule has 1 unspecified atom stereocenters. The van der Waals surface area contributed by atoms with Gasteiger partial charge in [-0.15, -0.1) is 23.2 Å². The first-order chi connectivity index (χ1) is 7.66. The first kappa shape index (κ1) is 13.8. The van der Waals surface area contributed by atoms with Crippen LogP contribution in [0.1, 0.15) is 13.3 Å². The molecule has 0 aromatic carbocycles. The summed E-state index contributed by atoms with van der Waals surface area (Å²) in [7, 11) is 0. The van der Waals surface area contributed by atoms with Crippen molar-refractivity contribution in [3.63, 3.8) is 0 Å².